The lowest BCUT2D eigenvalue weighted by atomic mass is 9.91. The van der Waals surface area contributed by atoms with Gasteiger partial charge in [0, 0.05) is 28.9 Å². The van der Waals surface area contributed by atoms with Crippen molar-refractivity contribution in [2.75, 3.05) is 6.54 Å². The first-order valence-electron chi connectivity index (χ1n) is 6.84. The van der Waals surface area contributed by atoms with E-state index in [0.29, 0.717) is 0 Å². The number of benzene rings is 1. The van der Waals surface area contributed by atoms with Gasteiger partial charge in [0.05, 0.1) is 0 Å². The SMILES string of the molecule is CC(C)(CNCc1cccc(/C(N)=N/O)c1)c1cccs1. The molecule has 0 radical (unpaired) electrons. The van der Waals surface area contributed by atoms with Gasteiger partial charge in [-0.25, -0.2) is 0 Å². The van der Waals surface area contributed by atoms with E-state index in [1.165, 1.54) is 4.88 Å². The monoisotopic (exact) mass is 303 g/mol. The van der Waals surface area contributed by atoms with Crippen LogP contribution in [0, 0.1) is 0 Å². The highest BCUT2D eigenvalue weighted by Gasteiger charge is 2.20. The largest absolute Gasteiger partial charge is 0.409 e. The van der Waals surface area contributed by atoms with E-state index in [-0.39, 0.29) is 11.3 Å². The predicted octanol–water partition coefficient (Wildman–Crippen LogP) is 2.91. The van der Waals surface area contributed by atoms with E-state index in [1.54, 1.807) is 11.3 Å². The van der Waals surface area contributed by atoms with Crippen LogP contribution >= 0.6 is 11.3 Å². The molecule has 0 bridgehead atoms. The fourth-order valence-electron chi connectivity index (χ4n) is 2.17. The number of hydrogen-bond donors (Lipinski definition) is 3. The molecule has 0 atom stereocenters. The minimum atomic E-state index is 0.108. The number of amidine groups is 1. The lowest BCUT2D eigenvalue weighted by molar-refractivity contribution is 0.318. The highest BCUT2D eigenvalue weighted by atomic mass is 32.1. The van der Waals surface area contributed by atoms with E-state index in [4.69, 9.17) is 10.9 Å². The molecule has 1 aromatic carbocycles. The molecule has 112 valence electrons. The van der Waals surface area contributed by atoms with Crippen LogP contribution in [0.2, 0.25) is 0 Å². The highest BCUT2D eigenvalue weighted by molar-refractivity contribution is 7.10. The zero-order valence-corrected chi connectivity index (χ0v) is 13.2. The van der Waals surface area contributed by atoms with E-state index in [9.17, 15) is 0 Å². The number of hydrogen-bond acceptors (Lipinski definition) is 4. The molecule has 0 amide bonds. The number of oxime groups is 1. The molecule has 21 heavy (non-hydrogen) atoms. The van der Waals surface area contributed by atoms with E-state index >= 15 is 0 Å². The molecule has 0 spiro atoms. The molecule has 1 heterocycles. The van der Waals surface area contributed by atoms with Gasteiger partial charge in [-0.2, -0.15) is 0 Å². The second-order valence-electron chi connectivity index (χ2n) is 5.65. The Labute approximate surface area is 129 Å². The van der Waals surface area contributed by atoms with E-state index < -0.39 is 0 Å². The summed E-state index contributed by atoms with van der Waals surface area (Å²) in [5.41, 5.74) is 7.56. The minimum Gasteiger partial charge on any atom is -0.409 e. The van der Waals surface area contributed by atoms with Crippen molar-refractivity contribution in [1.82, 2.24) is 5.32 Å². The molecule has 0 aliphatic rings. The smallest absolute Gasteiger partial charge is 0.170 e. The van der Waals surface area contributed by atoms with Crippen molar-refractivity contribution >= 4 is 17.2 Å². The quantitative estimate of drug-likeness (QED) is 0.332. The molecule has 0 saturated carbocycles. The summed E-state index contributed by atoms with van der Waals surface area (Å²) in [6, 6.07) is 12.0. The Bertz CT molecular complexity index is 606. The van der Waals surface area contributed by atoms with Crippen molar-refractivity contribution < 1.29 is 5.21 Å². The van der Waals surface area contributed by atoms with Crippen molar-refractivity contribution in [2.24, 2.45) is 10.9 Å². The van der Waals surface area contributed by atoms with Crippen molar-refractivity contribution in [3.8, 4) is 0 Å². The van der Waals surface area contributed by atoms with Crippen LogP contribution in [0.4, 0.5) is 0 Å². The molecule has 2 rings (SSSR count). The molecule has 4 N–H and O–H groups in total. The third-order valence-corrected chi connectivity index (χ3v) is 4.65. The number of nitrogens with two attached hydrogens (primary N) is 1. The maximum Gasteiger partial charge on any atom is 0.170 e. The van der Waals surface area contributed by atoms with Gasteiger partial charge in [0.25, 0.3) is 0 Å². The molecule has 4 nitrogen and oxygen atoms in total. The van der Waals surface area contributed by atoms with Gasteiger partial charge in [-0.1, -0.05) is 43.3 Å². The third kappa shape index (κ3) is 4.06. The Morgan fingerprint density at radius 1 is 1.33 bits per heavy atom. The van der Waals surface area contributed by atoms with Crippen LogP contribution in [0.15, 0.2) is 46.9 Å². The topological polar surface area (TPSA) is 70.6 Å². The van der Waals surface area contributed by atoms with Gasteiger partial charge >= 0.3 is 0 Å². The number of nitrogens with zero attached hydrogens (tertiary/aromatic N) is 1. The predicted molar refractivity (Wildman–Crippen MR) is 88.0 cm³/mol. The van der Waals surface area contributed by atoms with Crippen LogP contribution in [-0.4, -0.2) is 17.6 Å². The molecule has 0 fully saturated rings. The molecule has 5 heteroatoms. The fourth-order valence-corrected chi connectivity index (χ4v) is 3.02. The summed E-state index contributed by atoms with van der Waals surface area (Å²) in [7, 11) is 0. The van der Waals surface area contributed by atoms with Gasteiger partial charge in [-0.05, 0) is 23.1 Å². The molecule has 0 aliphatic heterocycles. The van der Waals surface area contributed by atoms with E-state index in [0.717, 1.165) is 24.2 Å². The van der Waals surface area contributed by atoms with Crippen molar-refractivity contribution in [3.63, 3.8) is 0 Å². The molecule has 2 aromatic rings. The van der Waals surface area contributed by atoms with E-state index in [2.05, 4.69) is 41.8 Å². The van der Waals surface area contributed by atoms with Crippen molar-refractivity contribution in [2.45, 2.75) is 25.8 Å². The van der Waals surface area contributed by atoms with Crippen molar-refractivity contribution in [1.29, 1.82) is 0 Å². The maximum absolute atomic E-state index is 8.72. The van der Waals surface area contributed by atoms with Gasteiger partial charge in [0.1, 0.15) is 0 Å². The maximum atomic E-state index is 8.72. The highest BCUT2D eigenvalue weighted by Crippen LogP contribution is 2.26. The molecular weight excluding hydrogens is 282 g/mol. The average Bonchev–Trinajstić information content (AvgIpc) is 3.01. The van der Waals surface area contributed by atoms with Crippen LogP contribution in [0.3, 0.4) is 0 Å². The van der Waals surface area contributed by atoms with Crippen LogP contribution in [0.1, 0.15) is 29.9 Å². The Balaban J connectivity index is 1.95. The van der Waals surface area contributed by atoms with Crippen LogP contribution in [0.25, 0.3) is 0 Å². The average molecular weight is 303 g/mol. The molecule has 0 unspecified atom stereocenters. The lowest BCUT2D eigenvalue weighted by Crippen LogP contribution is -2.32. The van der Waals surface area contributed by atoms with Gasteiger partial charge < -0.3 is 16.3 Å². The first-order valence-corrected chi connectivity index (χ1v) is 7.72. The summed E-state index contributed by atoms with van der Waals surface area (Å²) in [4.78, 5) is 1.38. The van der Waals surface area contributed by atoms with Crippen LogP contribution in [0.5, 0.6) is 0 Å². The molecule has 1 aromatic heterocycles. The lowest BCUT2D eigenvalue weighted by Gasteiger charge is -2.23. The van der Waals surface area contributed by atoms with Gasteiger partial charge in [0.2, 0.25) is 0 Å². The summed E-state index contributed by atoms with van der Waals surface area (Å²) in [6.07, 6.45) is 0. The fraction of sp³-hybridized carbons (Fsp3) is 0.312. The Hall–Kier alpha value is -1.85. The number of thiophene rings is 1. The van der Waals surface area contributed by atoms with Crippen molar-refractivity contribution in [3.05, 3.63) is 57.8 Å². The third-order valence-electron chi connectivity index (χ3n) is 3.41. The van der Waals surface area contributed by atoms with Gasteiger partial charge in [-0.3, -0.25) is 0 Å². The summed E-state index contributed by atoms with van der Waals surface area (Å²) < 4.78 is 0. The Morgan fingerprint density at radius 3 is 2.81 bits per heavy atom. The molecule has 0 saturated heterocycles. The molecular formula is C16H21N3OS. The zero-order valence-electron chi connectivity index (χ0n) is 12.3. The first-order chi connectivity index (χ1) is 10.0. The Morgan fingerprint density at radius 2 is 2.14 bits per heavy atom. The normalized spacial score (nSPS) is 12.6. The van der Waals surface area contributed by atoms with Crippen LogP contribution < -0.4 is 11.1 Å². The van der Waals surface area contributed by atoms with Gasteiger partial charge in [-0.15, -0.1) is 11.3 Å². The first kappa shape index (κ1) is 15.5. The second kappa shape index (κ2) is 6.74. The number of rotatable bonds is 6. The second-order valence-corrected chi connectivity index (χ2v) is 6.60. The minimum absolute atomic E-state index is 0.108. The summed E-state index contributed by atoms with van der Waals surface area (Å²) in [5, 5.41) is 17.3. The summed E-state index contributed by atoms with van der Waals surface area (Å²) >= 11 is 1.79. The van der Waals surface area contributed by atoms with Gasteiger partial charge in [0.15, 0.2) is 5.84 Å². The summed E-state index contributed by atoms with van der Waals surface area (Å²) in [5.74, 6) is 0.135. The number of nitrogens with one attached hydrogen (secondary N) is 1. The summed E-state index contributed by atoms with van der Waals surface area (Å²) in [6.45, 7) is 6.11. The standard InChI is InChI=1S/C16H21N3OS/c1-16(2,14-7-4-8-21-14)11-18-10-12-5-3-6-13(9-12)15(17)19-20/h3-9,18,20H,10-11H2,1-2H3,(H2,17,19). The van der Waals surface area contributed by atoms with Crippen LogP contribution in [-0.2, 0) is 12.0 Å². The Kier molecular flexibility index (Phi) is 4.98. The zero-order chi connectivity index (χ0) is 15.3. The molecule has 0 aliphatic carbocycles. The van der Waals surface area contributed by atoms with E-state index in [1.807, 2.05) is 24.3 Å².